The number of esters is 1. The zero-order chi connectivity index (χ0) is 30.9. The van der Waals surface area contributed by atoms with Crippen LogP contribution in [0.1, 0.15) is 98.8 Å². The number of ether oxygens (including phenoxy) is 3. The van der Waals surface area contributed by atoms with Crippen molar-refractivity contribution < 1.29 is 38.5 Å². The molecule has 0 amide bonds. The molecule has 3 saturated carbocycles. The van der Waals surface area contributed by atoms with Crippen molar-refractivity contribution >= 4 is 35.3 Å². The minimum absolute atomic E-state index is 0.0849. The van der Waals surface area contributed by atoms with E-state index in [1.165, 1.54) is 6.08 Å². The summed E-state index contributed by atoms with van der Waals surface area (Å²) in [5.74, 6) is -1.86. The van der Waals surface area contributed by atoms with Crippen molar-refractivity contribution in [1.29, 1.82) is 0 Å². The van der Waals surface area contributed by atoms with E-state index in [9.17, 15) is 24.3 Å². The van der Waals surface area contributed by atoms with Gasteiger partial charge in [0, 0.05) is 23.2 Å². The van der Waals surface area contributed by atoms with Gasteiger partial charge in [-0.3, -0.25) is 14.4 Å². The molecule has 0 saturated heterocycles. The Balaban J connectivity index is 1.68. The molecule has 0 radical (unpaired) electrons. The highest BCUT2D eigenvalue weighted by Gasteiger charge is 2.76. The van der Waals surface area contributed by atoms with Crippen LogP contribution in [0.15, 0.2) is 23.8 Å². The highest BCUT2D eigenvalue weighted by Crippen LogP contribution is 2.72. The molecule has 0 heterocycles. The molecule has 4 rings (SSSR count). The molecular formula is C33H47ClO8. The second-order valence-corrected chi connectivity index (χ2v) is 13.9. The number of allylic oxidation sites excluding steroid dienone is 4. The van der Waals surface area contributed by atoms with Crippen molar-refractivity contribution in [3.8, 4) is 0 Å². The number of halogens is 1. The average Bonchev–Trinajstić information content (AvgIpc) is 3.16. The Morgan fingerprint density at radius 1 is 1.07 bits per heavy atom. The van der Waals surface area contributed by atoms with Crippen molar-refractivity contribution in [1.82, 2.24) is 0 Å². The maximum absolute atomic E-state index is 14.2. The number of unbranched alkanes of at least 4 members (excludes halogenated alkanes) is 3. The first-order valence-corrected chi connectivity index (χ1v) is 16.1. The van der Waals surface area contributed by atoms with Gasteiger partial charge in [0.25, 0.3) is 0 Å². The molecule has 8 atom stereocenters. The molecule has 1 N–H and O–H groups in total. The van der Waals surface area contributed by atoms with Crippen molar-refractivity contribution in [3.05, 3.63) is 23.8 Å². The number of Topliss-reactive ketones (excluding diaryl/α,β-unsaturated/α-hetero) is 1. The molecule has 0 bridgehead atoms. The zero-order valence-electron chi connectivity index (χ0n) is 25.7. The number of fused-ring (bicyclic) bond motifs is 5. The molecule has 234 valence electrons. The molecule has 0 spiro atoms. The number of ketones is 2. The molecule has 0 aromatic rings. The van der Waals surface area contributed by atoms with E-state index in [1.807, 2.05) is 40.7 Å². The van der Waals surface area contributed by atoms with Crippen LogP contribution in [0.3, 0.4) is 0 Å². The van der Waals surface area contributed by atoms with Crippen molar-refractivity contribution in [3.63, 3.8) is 0 Å². The van der Waals surface area contributed by atoms with Gasteiger partial charge in [0.05, 0.1) is 17.6 Å². The van der Waals surface area contributed by atoms with Gasteiger partial charge in [0.1, 0.15) is 0 Å². The molecule has 8 nitrogen and oxygen atoms in total. The summed E-state index contributed by atoms with van der Waals surface area (Å²) in [7, 11) is 0. The third kappa shape index (κ3) is 5.14. The maximum Gasteiger partial charge on any atom is 0.508 e. The van der Waals surface area contributed by atoms with Crippen molar-refractivity contribution in [2.45, 2.75) is 115 Å². The highest BCUT2D eigenvalue weighted by atomic mass is 35.5. The SMILES string of the molecule is CCCCCOC(=O)OCC(=O)C1(OC(=O)CCCC)C(C)CC2C3CCC4=CC(=O)C=CC4(C)C3(Cl)C(O)CC21C. The monoisotopic (exact) mass is 606 g/mol. The van der Waals surface area contributed by atoms with Gasteiger partial charge in [-0.2, -0.15) is 0 Å². The first-order chi connectivity index (χ1) is 19.8. The molecular weight excluding hydrogens is 560 g/mol. The lowest BCUT2D eigenvalue weighted by atomic mass is 9.45. The Bertz CT molecular complexity index is 1150. The largest absolute Gasteiger partial charge is 0.508 e. The van der Waals surface area contributed by atoms with E-state index >= 15 is 0 Å². The smallest absolute Gasteiger partial charge is 0.450 e. The van der Waals surface area contributed by atoms with Crippen molar-refractivity contribution in [2.75, 3.05) is 13.2 Å². The summed E-state index contributed by atoms with van der Waals surface area (Å²) in [6.45, 7) is 9.42. The van der Waals surface area contributed by atoms with E-state index in [0.29, 0.717) is 32.1 Å². The van der Waals surface area contributed by atoms with Gasteiger partial charge >= 0.3 is 12.1 Å². The summed E-state index contributed by atoms with van der Waals surface area (Å²) < 4.78 is 16.7. The Hall–Kier alpha value is -2.19. The lowest BCUT2D eigenvalue weighted by Gasteiger charge is -2.64. The molecule has 3 fully saturated rings. The lowest BCUT2D eigenvalue weighted by molar-refractivity contribution is -0.203. The standard InChI is InChI=1S/C33H47ClO8/c1-6-8-10-16-40-29(39)41-20-27(37)33(42-28(38)11-9-7-2)21(3)17-25-24-13-12-22-18-23(35)14-15-30(22,4)32(24,34)26(36)19-31(25,33)5/h14-15,18,21,24-26,36H,6-13,16-17,19-20H2,1-5H3. The topological polar surface area (TPSA) is 116 Å². The molecule has 42 heavy (non-hydrogen) atoms. The summed E-state index contributed by atoms with van der Waals surface area (Å²) >= 11 is 7.55. The van der Waals surface area contributed by atoms with Crippen molar-refractivity contribution in [2.24, 2.45) is 28.6 Å². The van der Waals surface area contributed by atoms with Crippen LogP contribution in [-0.2, 0) is 28.6 Å². The van der Waals surface area contributed by atoms with Gasteiger partial charge in [-0.15, -0.1) is 11.6 Å². The first kappa shape index (κ1) is 32.7. The van der Waals surface area contributed by atoms with Crippen LogP contribution >= 0.6 is 11.6 Å². The Morgan fingerprint density at radius 3 is 2.48 bits per heavy atom. The molecule has 4 aliphatic carbocycles. The molecule has 0 aliphatic heterocycles. The van der Waals surface area contributed by atoms with Crippen LogP contribution in [0.4, 0.5) is 4.79 Å². The zero-order valence-corrected chi connectivity index (χ0v) is 26.5. The van der Waals surface area contributed by atoms with Gasteiger partial charge in [-0.1, -0.05) is 65.5 Å². The van der Waals surface area contributed by atoms with E-state index in [2.05, 4.69) is 0 Å². The Kier molecular flexibility index (Phi) is 9.68. The summed E-state index contributed by atoms with van der Waals surface area (Å²) in [6, 6.07) is 0. The van der Waals surface area contributed by atoms with Gasteiger partial charge in [0.2, 0.25) is 5.78 Å². The van der Waals surface area contributed by atoms with Crippen LogP contribution < -0.4 is 0 Å². The summed E-state index contributed by atoms with van der Waals surface area (Å²) in [5, 5.41) is 11.9. The number of aliphatic hydroxyl groups excluding tert-OH is 1. The minimum Gasteiger partial charge on any atom is -0.450 e. The fraction of sp³-hybridized carbons (Fsp3) is 0.758. The summed E-state index contributed by atoms with van der Waals surface area (Å²) in [6.07, 6.45) is 9.09. The normalized spacial score (nSPS) is 38.5. The van der Waals surface area contributed by atoms with Gasteiger partial charge in [0.15, 0.2) is 18.0 Å². The van der Waals surface area contributed by atoms with Crippen LogP contribution in [-0.4, -0.2) is 58.6 Å². The third-order valence-electron chi connectivity index (χ3n) is 10.9. The third-order valence-corrected chi connectivity index (χ3v) is 11.8. The fourth-order valence-corrected chi connectivity index (χ4v) is 9.25. The molecule has 9 heteroatoms. The van der Waals surface area contributed by atoms with Gasteiger partial charge in [-0.05, 0) is 62.5 Å². The molecule has 0 aromatic heterocycles. The number of aliphatic hydroxyl groups is 1. The first-order valence-electron chi connectivity index (χ1n) is 15.7. The average molecular weight is 607 g/mol. The lowest BCUT2D eigenvalue weighted by Crippen LogP contribution is -2.69. The van der Waals surface area contributed by atoms with Crippen LogP contribution in [0.2, 0.25) is 0 Å². The minimum atomic E-state index is -1.61. The number of carbonyl (C=O) groups is 4. The number of carbonyl (C=O) groups excluding carboxylic acids is 4. The van der Waals surface area contributed by atoms with E-state index in [0.717, 1.165) is 24.8 Å². The second-order valence-electron chi connectivity index (χ2n) is 13.2. The van der Waals surface area contributed by atoms with Gasteiger partial charge in [-0.25, -0.2) is 4.79 Å². The second kappa shape index (κ2) is 12.4. The maximum atomic E-state index is 14.2. The number of alkyl halides is 1. The predicted molar refractivity (Wildman–Crippen MR) is 158 cm³/mol. The summed E-state index contributed by atoms with van der Waals surface area (Å²) in [4.78, 5) is 50.9. The van der Waals surface area contributed by atoms with E-state index in [4.69, 9.17) is 25.8 Å². The predicted octanol–water partition coefficient (Wildman–Crippen LogP) is 6.26. The summed E-state index contributed by atoms with van der Waals surface area (Å²) in [5.41, 5.74) is -2.41. The Labute approximate surface area is 254 Å². The van der Waals surface area contributed by atoms with E-state index < -0.39 is 57.8 Å². The van der Waals surface area contributed by atoms with E-state index in [1.54, 1.807) is 6.08 Å². The quantitative estimate of drug-likeness (QED) is 0.166. The molecule has 0 aromatic carbocycles. The fourth-order valence-electron chi connectivity index (χ4n) is 8.73. The number of hydrogen-bond acceptors (Lipinski definition) is 8. The molecule has 8 unspecified atom stereocenters. The Morgan fingerprint density at radius 2 is 1.79 bits per heavy atom. The number of hydrogen-bond donors (Lipinski definition) is 1. The van der Waals surface area contributed by atoms with Crippen LogP contribution in [0.5, 0.6) is 0 Å². The van der Waals surface area contributed by atoms with Crippen LogP contribution in [0, 0.1) is 28.6 Å². The molecule has 4 aliphatic rings. The number of rotatable bonds is 11. The van der Waals surface area contributed by atoms with E-state index in [-0.39, 0.29) is 37.1 Å². The van der Waals surface area contributed by atoms with Crippen LogP contribution in [0.25, 0.3) is 0 Å². The highest BCUT2D eigenvalue weighted by molar-refractivity contribution is 6.26. The van der Waals surface area contributed by atoms with Gasteiger partial charge < -0.3 is 19.3 Å².